The van der Waals surface area contributed by atoms with E-state index < -0.39 is 224 Å². The zero-order valence-corrected chi connectivity index (χ0v) is 35.0. The minimum absolute atomic E-state index is 0.830. The van der Waals surface area contributed by atoms with Gasteiger partial charge in [0.1, 0.15) is 146 Å². The van der Waals surface area contributed by atoms with Crippen molar-refractivity contribution in [3.8, 4) is 0 Å². The summed E-state index contributed by atoms with van der Waals surface area (Å²) in [5.74, 6) is 0. The Morgan fingerprint density at radius 2 is 0.433 bits per heavy atom. The van der Waals surface area contributed by atoms with Crippen LogP contribution in [0.3, 0.4) is 0 Å². The summed E-state index contributed by atoms with van der Waals surface area (Å²) in [5, 5.41) is 209. The van der Waals surface area contributed by atoms with Crippen molar-refractivity contribution in [3.05, 3.63) is 0 Å². The Hall–Kier alpha value is -1.24. The monoisotopic (exact) mass is 990 g/mol. The number of ether oxygens (including phenoxy) is 11. The van der Waals surface area contributed by atoms with E-state index in [4.69, 9.17) is 52.1 Å². The highest BCUT2D eigenvalue weighted by Crippen LogP contribution is 2.36. The van der Waals surface area contributed by atoms with E-state index in [-0.39, 0.29) is 0 Å². The lowest BCUT2D eigenvalue weighted by Crippen LogP contribution is -2.68. The van der Waals surface area contributed by atoms with Crippen molar-refractivity contribution in [1.82, 2.24) is 0 Å². The van der Waals surface area contributed by atoms with Gasteiger partial charge in [-0.1, -0.05) is 0 Å². The third-order valence-corrected chi connectivity index (χ3v) is 12.4. The second-order valence-electron chi connectivity index (χ2n) is 16.8. The number of aliphatic hydroxyl groups excluding tert-OH is 20. The molecule has 6 aliphatic heterocycles. The summed E-state index contributed by atoms with van der Waals surface area (Å²) >= 11 is 0. The van der Waals surface area contributed by atoms with Crippen LogP contribution in [0.5, 0.6) is 0 Å². The SMILES string of the molecule is OC[C@H]1O[C@@H](O[C@H]2[C@H](O)[C@@H](O)[C@H](O[C@H]3[C@H](O)[C@@H](O)[C@H](O[C@H]4[C@H](O)[C@@H](O)[C@H](O[C@H]5[C@H](O)[C@@H](O)[C@H](O[C@H]6[C@H](O)[C@@H](O)[C@H](O)O[C@@H]6CO)O[C@@H]5CO)O[C@@H]4CO)O[C@@H]3CO)O[C@@H]2CO)[C@H](O)[C@@H](O)[C@@H]1O. The highest BCUT2D eigenvalue weighted by atomic mass is 16.8. The van der Waals surface area contributed by atoms with Gasteiger partial charge in [0.25, 0.3) is 0 Å². The molecule has 0 saturated carbocycles. The maximum absolute atomic E-state index is 11.2. The van der Waals surface area contributed by atoms with Gasteiger partial charge in [-0.25, -0.2) is 0 Å². The average molecular weight is 991 g/mol. The van der Waals surface area contributed by atoms with Gasteiger partial charge >= 0.3 is 0 Å². The fraction of sp³-hybridized carbons (Fsp3) is 1.00. The lowest BCUT2D eigenvalue weighted by molar-refractivity contribution is -0.396. The van der Waals surface area contributed by atoms with Gasteiger partial charge in [0.05, 0.1) is 39.6 Å². The molecule has 0 aromatic rings. The molecule has 6 saturated heterocycles. The normalized spacial score (nSPS) is 53.4. The van der Waals surface area contributed by atoms with Crippen molar-refractivity contribution < 1.29 is 154 Å². The minimum Gasteiger partial charge on any atom is -0.394 e. The Morgan fingerprint density at radius 3 is 0.687 bits per heavy atom. The maximum Gasteiger partial charge on any atom is 0.187 e. The van der Waals surface area contributed by atoms with Crippen LogP contribution < -0.4 is 0 Å². The Bertz CT molecular complexity index is 1500. The molecule has 0 radical (unpaired) electrons. The highest BCUT2D eigenvalue weighted by Gasteiger charge is 2.57. The first-order valence-corrected chi connectivity index (χ1v) is 21.1. The van der Waals surface area contributed by atoms with Gasteiger partial charge in [-0.2, -0.15) is 0 Å². The predicted molar refractivity (Wildman–Crippen MR) is 199 cm³/mol. The molecule has 0 aromatic carbocycles. The van der Waals surface area contributed by atoms with Crippen LogP contribution in [0.4, 0.5) is 0 Å². The third-order valence-electron chi connectivity index (χ3n) is 12.4. The molecule has 6 aliphatic rings. The van der Waals surface area contributed by atoms with Crippen molar-refractivity contribution in [2.75, 3.05) is 39.6 Å². The van der Waals surface area contributed by atoms with E-state index in [9.17, 15) is 102 Å². The molecule has 392 valence electrons. The summed E-state index contributed by atoms with van der Waals surface area (Å²) in [6, 6.07) is 0. The topological polar surface area (TPSA) is 506 Å². The molecule has 0 amide bonds. The second kappa shape index (κ2) is 23.5. The molecule has 0 unspecified atom stereocenters. The molecule has 6 fully saturated rings. The quantitative estimate of drug-likeness (QED) is 0.0683. The molecule has 0 bridgehead atoms. The van der Waals surface area contributed by atoms with Gasteiger partial charge < -0.3 is 154 Å². The van der Waals surface area contributed by atoms with E-state index in [1.54, 1.807) is 0 Å². The highest BCUT2D eigenvalue weighted by molar-refractivity contribution is 5.00. The summed E-state index contributed by atoms with van der Waals surface area (Å²) < 4.78 is 60.5. The van der Waals surface area contributed by atoms with Crippen LogP contribution in [0, 0.1) is 0 Å². The first-order chi connectivity index (χ1) is 31.8. The van der Waals surface area contributed by atoms with Crippen LogP contribution >= 0.6 is 0 Å². The Balaban J connectivity index is 1.07. The van der Waals surface area contributed by atoms with Gasteiger partial charge in [-0.15, -0.1) is 0 Å². The fourth-order valence-electron chi connectivity index (χ4n) is 8.52. The van der Waals surface area contributed by atoms with E-state index >= 15 is 0 Å². The zero-order valence-electron chi connectivity index (χ0n) is 35.0. The number of rotatable bonds is 16. The molecule has 31 heteroatoms. The molecule has 6 heterocycles. The summed E-state index contributed by atoms with van der Waals surface area (Å²) in [7, 11) is 0. The van der Waals surface area contributed by atoms with E-state index in [1.807, 2.05) is 0 Å². The first kappa shape index (κ1) is 55.1. The molecule has 30 atom stereocenters. The van der Waals surface area contributed by atoms with Crippen molar-refractivity contribution in [1.29, 1.82) is 0 Å². The largest absolute Gasteiger partial charge is 0.394 e. The summed E-state index contributed by atoms with van der Waals surface area (Å²) in [6.45, 7) is -5.67. The average Bonchev–Trinajstić information content (AvgIpc) is 3.32. The van der Waals surface area contributed by atoms with Gasteiger partial charge in [0, 0.05) is 0 Å². The maximum atomic E-state index is 11.2. The van der Waals surface area contributed by atoms with E-state index in [0.29, 0.717) is 0 Å². The summed E-state index contributed by atoms with van der Waals surface area (Å²) in [5.41, 5.74) is 0. The molecule has 0 aromatic heterocycles. The Kier molecular flexibility index (Phi) is 19.4. The van der Waals surface area contributed by atoms with Crippen molar-refractivity contribution in [2.24, 2.45) is 0 Å². The Labute approximate surface area is 378 Å². The molecule has 20 N–H and O–H groups in total. The fourth-order valence-corrected chi connectivity index (χ4v) is 8.52. The standard InChI is InChI=1S/C36H62O31/c37-1-7-13(43)14(44)21(51)32(58-7)64-27-9(3-39)60-34(23(53)16(27)46)66-29-11(5-41)62-36(25(55)18(29)48)67-30-12(6-42)61-35(24(54)19(30)49)65-28-10(4-40)59-33(22(52)17(28)47)63-26-8(2-38)57-31(56)20(50)15(26)45/h7-56H,1-6H2/t7-,8-,9-,10-,11-,12-,13-,14+,15-,16-,17-,18-,19-,20-,21-,22-,23-,24-,25-,26-,27-,28-,29-,30-,31-,32+,33+,34+,35+,36+/m1/s1. The predicted octanol–water partition coefficient (Wildman–Crippen LogP) is -14.1. The number of aliphatic hydroxyl groups is 20. The molecule has 67 heavy (non-hydrogen) atoms. The van der Waals surface area contributed by atoms with Crippen LogP contribution in [-0.4, -0.2) is 326 Å². The lowest BCUT2D eigenvalue weighted by atomic mass is 9.95. The smallest absolute Gasteiger partial charge is 0.187 e. The lowest BCUT2D eigenvalue weighted by Gasteiger charge is -2.49. The van der Waals surface area contributed by atoms with Crippen LogP contribution in [0.1, 0.15) is 0 Å². The molecule has 0 aliphatic carbocycles. The second-order valence-corrected chi connectivity index (χ2v) is 16.8. The molecule has 31 nitrogen and oxygen atoms in total. The van der Waals surface area contributed by atoms with Gasteiger partial charge in [0.15, 0.2) is 37.7 Å². The zero-order chi connectivity index (χ0) is 49.3. The van der Waals surface area contributed by atoms with Crippen LogP contribution in [0.2, 0.25) is 0 Å². The van der Waals surface area contributed by atoms with Crippen LogP contribution in [0.15, 0.2) is 0 Å². The minimum atomic E-state index is -2.18. The molecular formula is C36H62O31. The molecule has 6 rings (SSSR count). The third kappa shape index (κ3) is 11.2. The van der Waals surface area contributed by atoms with E-state index in [0.717, 1.165) is 0 Å². The van der Waals surface area contributed by atoms with Gasteiger partial charge in [-0.05, 0) is 0 Å². The molecule has 0 spiro atoms. The number of hydrogen-bond donors (Lipinski definition) is 20. The van der Waals surface area contributed by atoms with E-state index in [1.165, 1.54) is 0 Å². The van der Waals surface area contributed by atoms with Crippen molar-refractivity contribution in [2.45, 2.75) is 184 Å². The number of hydrogen-bond acceptors (Lipinski definition) is 31. The van der Waals surface area contributed by atoms with E-state index in [2.05, 4.69) is 0 Å². The van der Waals surface area contributed by atoms with Gasteiger partial charge in [0.2, 0.25) is 0 Å². The van der Waals surface area contributed by atoms with Crippen LogP contribution in [-0.2, 0) is 52.1 Å². The summed E-state index contributed by atoms with van der Waals surface area (Å²) in [4.78, 5) is 0. The van der Waals surface area contributed by atoms with Gasteiger partial charge in [-0.3, -0.25) is 0 Å². The van der Waals surface area contributed by atoms with Crippen molar-refractivity contribution in [3.63, 3.8) is 0 Å². The summed E-state index contributed by atoms with van der Waals surface area (Å²) in [6.07, 6.45) is -56.5. The Morgan fingerprint density at radius 1 is 0.224 bits per heavy atom. The van der Waals surface area contributed by atoms with Crippen LogP contribution in [0.25, 0.3) is 0 Å². The molecular weight excluding hydrogens is 928 g/mol. The van der Waals surface area contributed by atoms with Crippen molar-refractivity contribution >= 4 is 0 Å². The first-order valence-electron chi connectivity index (χ1n) is 21.1.